The molecule has 1 amide bonds. The fraction of sp³-hybridized carbons (Fsp3) is 0.500. The number of aromatic nitrogens is 1. The molecule has 1 aliphatic heterocycles. The monoisotopic (exact) mass is 235 g/mol. The Kier molecular flexibility index (Phi) is 3.02. The number of amides is 1. The fourth-order valence-electron chi connectivity index (χ4n) is 2.07. The Labute approximate surface area is 100 Å². The zero-order valence-electron chi connectivity index (χ0n) is 10.1. The van der Waals surface area contributed by atoms with Gasteiger partial charge in [0.15, 0.2) is 0 Å². The first-order chi connectivity index (χ1) is 8.07. The van der Waals surface area contributed by atoms with E-state index in [-0.39, 0.29) is 12.5 Å². The van der Waals surface area contributed by atoms with Crippen LogP contribution in [0.25, 0.3) is 0 Å². The number of aliphatic hydroxyl groups excluding tert-OH is 1. The number of piperazine rings is 1. The minimum atomic E-state index is -0.642. The lowest BCUT2D eigenvalue weighted by molar-refractivity contribution is -0.126. The Morgan fingerprint density at radius 1 is 1.59 bits per heavy atom. The van der Waals surface area contributed by atoms with Crippen LogP contribution in [0.1, 0.15) is 19.4 Å². The third kappa shape index (κ3) is 1.98. The van der Waals surface area contributed by atoms with Crippen LogP contribution in [-0.2, 0) is 11.4 Å². The molecule has 0 radical (unpaired) electrons. The SMILES string of the molecule is CC1(C)C(=O)NCCN1c1ncccc1CO. The lowest BCUT2D eigenvalue weighted by atomic mass is 9.98. The predicted molar refractivity (Wildman–Crippen MR) is 64.6 cm³/mol. The Morgan fingerprint density at radius 3 is 3.06 bits per heavy atom. The van der Waals surface area contributed by atoms with E-state index in [9.17, 15) is 9.90 Å². The largest absolute Gasteiger partial charge is 0.392 e. The molecule has 17 heavy (non-hydrogen) atoms. The molecular weight excluding hydrogens is 218 g/mol. The summed E-state index contributed by atoms with van der Waals surface area (Å²) in [6.07, 6.45) is 1.68. The molecule has 0 aromatic carbocycles. The van der Waals surface area contributed by atoms with Crippen LogP contribution in [0, 0.1) is 0 Å². The Balaban J connectivity index is 2.41. The van der Waals surface area contributed by atoms with Crippen LogP contribution in [0.5, 0.6) is 0 Å². The highest BCUT2D eigenvalue weighted by molar-refractivity contribution is 5.90. The first-order valence-corrected chi connectivity index (χ1v) is 5.68. The number of carbonyl (C=O) groups excluding carboxylic acids is 1. The van der Waals surface area contributed by atoms with Gasteiger partial charge in [-0.1, -0.05) is 6.07 Å². The molecule has 0 spiro atoms. The van der Waals surface area contributed by atoms with Crippen LogP contribution >= 0.6 is 0 Å². The first-order valence-electron chi connectivity index (χ1n) is 5.68. The van der Waals surface area contributed by atoms with E-state index >= 15 is 0 Å². The zero-order valence-corrected chi connectivity index (χ0v) is 10.1. The van der Waals surface area contributed by atoms with E-state index in [1.807, 2.05) is 24.8 Å². The molecule has 0 aliphatic carbocycles. The van der Waals surface area contributed by atoms with Crippen LogP contribution in [0.2, 0.25) is 0 Å². The van der Waals surface area contributed by atoms with Gasteiger partial charge in [-0.25, -0.2) is 4.98 Å². The normalized spacial score (nSPS) is 19.0. The predicted octanol–water partition coefficient (Wildman–Crippen LogP) is 0.289. The topological polar surface area (TPSA) is 65.5 Å². The van der Waals surface area contributed by atoms with E-state index in [1.54, 1.807) is 12.3 Å². The summed E-state index contributed by atoms with van der Waals surface area (Å²) in [5.41, 5.74) is 0.103. The van der Waals surface area contributed by atoms with Gasteiger partial charge in [0.05, 0.1) is 6.61 Å². The van der Waals surface area contributed by atoms with Gasteiger partial charge in [0.1, 0.15) is 11.4 Å². The summed E-state index contributed by atoms with van der Waals surface area (Å²) in [5, 5.41) is 12.2. The highest BCUT2D eigenvalue weighted by Gasteiger charge is 2.38. The average Bonchev–Trinajstić information content (AvgIpc) is 2.33. The molecule has 5 heteroatoms. The summed E-state index contributed by atoms with van der Waals surface area (Å²) in [6, 6.07) is 3.61. The average molecular weight is 235 g/mol. The molecule has 0 atom stereocenters. The van der Waals surface area contributed by atoms with E-state index in [0.29, 0.717) is 18.9 Å². The lowest BCUT2D eigenvalue weighted by Gasteiger charge is -2.42. The van der Waals surface area contributed by atoms with E-state index in [2.05, 4.69) is 10.3 Å². The molecule has 2 rings (SSSR count). The van der Waals surface area contributed by atoms with E-state index in [4.69, 9.17) is 0 Å². The maximum Gasteiger partial charge on any atom is 0.245 e. The van der Waals surface area contributed by atoms with Crippen molar-refractivity contribution >= 4 is 11.7 Å². The van der Waals surface area contributed by atoms with Crippen molar-refractivity contribution in [1.82, 2.24) is 10.3 Å². The zero-order chi connectivity index (χ0) is 12.5. The minimum absolute atomic E-state index is 0.0155. The van der Waals surface area contributed by atoms with Gasteiger partial charge in [0.2, 0.25) is 5.91 Å². The quantitative estimate of drug-likeness (QED) is 0.773. The van der Waals surface area contributed by atoms with Crippen LogP contribution in [-0.4, -0.2) is 34.6 Å². The van der Waals surface area contributed by atoms with Crippen molar-refractivity contribution in [2.24, 2.45) is 0 Å². The van der Waals surface area contributed by atoms with Gasteiger partial charge < -0.3 is 15.3 Å². The first kappa shape index (κ1) is 11.9. The molecule has 5 nitrogen and oxygen atoms in total. The fourth-order valence-corrected chi connectivity index (χ4v) is 2.07. The van der Waals surface area contributed by atoms with E-state index in [0.717, 1.165) is 5.56 Å². The summed E-state index contributed by atoms with van der Waals surface area (Å²) in [5.74, 6) is 0.674. The second-order valence-corrected chi connectivity index (χ2v) is 4.61. The van der Waals surface area contributed by atoms with Crippen molar-refractivity contribution < 1.29 is 9.90 Å². The molecule has 0 bridgehead atoms. The minimum Gasteiger partial charge on any atom is -0.392 e. The van der Waals surface area contributed by atoms with Crippen LogP contribution in [0.4, 0.5) is 5.82 Å². The number of rotatable bonds is 2. The van der Waals surface area contributed by atoms with Gasteiger partial charge in [-0.15, -0.1) is 0 Å². The number of hydrogen-bond donors (Lipinski definition) is 2. The van der Waals surface area contributed by atoms with E-state index < -0.39 is 5.54 Å². The lowest BCUT2D eigenvalue weighted by Crippen LogP contribution is -2.62. The highest BCUT2D eigenvalue weighted by Crippen LogP contribution is 2.27. The maximum atomic E-state index is 11.9. The van der Waals surface area contributed by atoms with Crippen molar-refractivity contribution in [3.8, 4) is 0 Å². The molecule has 1 fully saturated rings. The van der Waals surface area contributed by atoms with Gasteiger partial charge in [-0.3, -0.25) is 4.79 Å². The Bertz CT molecular complexity index is 432. The molecule has 2 N–H and O–H groups in total. The summed E-state index contributed by atoms with van der Waals surface area (Å²) in [6.45, 7) is 4.94. The Hall–Kier alpha value is -1.62. The standard InChI is InChI=1S/C12H17N3O2/c1-12(2)11(17)14-6-7-15(12)10-9(8-16)4-3-5-13-10/h3-5,16H,6-8H2,1-2H3,(H,14,17). The maximum absolute atomic E-state index is 11.9. The summed E-state index contributed by atoms with van der Waals surface area (Å²) < 4.78 is 0. The van der Waals surface area contributed by atoms with E-state index in [1.165, 1.54) is 0 Å². The molecule has 0 saturated carbocycles. The molecule has 1 aliphatic rings. The summed E-state index contributed by atoms with van der Waals surface area (Å²) >= 11 is 0. The van der Waals surface area contributed by atoms with Gasteiger partial charge >= 0.3 is 0 Å². The third-order valence-corrected chi connectivity index (χ3v) is 3.14. The number of anilines is 1. The van der Waals surface area contributed by atoms with Crippen molar-refractivity contribution in [3.05, 3.63) is 23.9 Å². The van der Waals surface area contributed by atoms with Gasteiger partial charge in [0, 0.05) is 24.8 Å². The van der Waals surface area contributed by atoms with Gasteiger partial charge in [-0.05, 0) is 19.9 Å². The number of hydrogen-bond acceptors (Lipinski definition) is 4. The molecule has 0 unspecified atom stereocenters. The van der Waals surface area contributed by atoms with Gasteiger partial charge in [0.25, 0.3) is 0 Å². The molecule has 1 aromatic rings. The van der Waals surface area contributed by atoms with Crippen LogP contribution < -0.4 is 10.2 Å². The highest BCUT2D eigenvalue weighted by atomic mass is 16.3. The second-order valence-electron chi connectivity index (χ2n) is 4.61. The number of pyridine rings is 1. The molecule has 1 saturated heterocycles. The summed E-state index contributed by atoms with van der Waals surface area (Å²) in [4.78, 5) is 18.1. The van der Waals surface area contributed by atoms with Gasteiger partial charge in [-0.2, -0.15) is 0 Å². The number of nitrogens with zero attached hydrogens (tertiary/aromatic N) is 2. The van der Waals surface area contributed by atoms with Crippen molar-refractivity contribution in [1.29, 1.82) is 0 Å². The van der Waals surface area contributed by atoms with Crippen molar-refractivity contribution in [3.63, 3.8) is 0 Å². The molecule has 92 valence electrons. The van der Waals surface area contributed by atoms with Crippen molar-refractivity contribution in [2.75, 3.05) is 18.0 Å². The summed E-state index contributed by atoms with van der Waals surface area (Å²) in [7, 11) is 0. The number of carbonyl (C=O) groups is 1. The Morgan fingerprint density at radius 2 is 2.35 bits per heavy atom. The molecule has 1 aromatic heterocycles. The van der Waals surface area contributed by atoms with Crippen LogP contribution in [0.15, 0.2) is 18.3 Å². The second kappa shape index (κ2) is 4.33. The van der Waals surface area contributed by atoms with Crippen LogP contribution in [0.3, 0.4) is 0 Å². The van der Waals surface area contributed by atoms with Crippen molar-refractivity contribution in [2.45, 2.75) is 26.0 Å². The molecule has 2 heterocycles. The number of nitrogens with one attached hydrogen (secondary N) is 1. The smallest absolute Gasteiger partial charge is 0.245 e. The third-order valence-electron chi connectivity index (χ3n) is 3.14. The molecular formula is C12H17N3O2. The number of aliphatic hydroxyl groups is 1.